The minimum atomic E-state index is -0.361. The number of ether oxygens (including phenoxy) is 1. The molecule has 4 aromatic rings. The Hall–Kier alpha value is -4.48. The number of nitriles is 1. The zero-order valence-corrected chi connectivity index (χ0v) is 24.1. The van der Waals surface area contributed by atoms with Gasteiger partial charge in [-0.2, -0.15) is 20.4 Å². The number of piperazine rings is 1. The Labute approximate surface area is 244 Å². The standard InChI is InChI=1S/C28H36N12O2/c1-3-22-15-31-40(17-22)28(6-7-29)20-37(21-28)24-5-4-8-39-26(24)33-27(34-39)32-23-16-30-38(18-23)19-25(41)36-11-9-35(10-12-36)13-14-42-2/h4-5,8,15-18H,3,6,9-14,19-21H2,1-2H3,(H,32,34). The average Bonchev–Trinajstić information content (AvgIpc) is 3.74. The summed E-state index contributed by atoms with van der Waals surface area (Å²) in [5.74, 6) is 0.485. The van der Waals surface area contributed by atoms with E-state index in [-0.39, 0.29) is 18.0 Å². The first kappa shape index (κ1) is 27.7. The molecular formula is C28H36N12O2. The normalized spacial score (nSPS) is 16.9. The largest absolute Gasteiger partial charge is 0.383 e. The van der Waals surface area contributed by atoms with Crippen LogP contribution in [0.15, 0.2) is 43.1 Å². The number of anilines is 3. The molecule has 0 aliphatic carbocycles. The third-order valence-corrected chi connectivity index (χ3v) is 8.11. The number of hydrogen-bond acceptors (Lipinski definition) is 10. The Morgan fingerprint density at radius 1 is 1.17 bits per heavy atom. The van der Waals surface area contributed by atoms with E-state index < -0.39 is 0 Å². The molecule has 220 valence electrons. The van der Waals surface area contributed by atoms with Gasteiger partial charge in [0.25, 0.3) is 0 Å². The second-order valence-electron chi connectivity index (χ2n) is 10.9. The van der Waals surface area contributed by atoms with Crippen molar-refractivity contribution in [2.45, 2.75) is 31.8 Å². The molecule has 4 aromatic heterocycles. The zero-order chi connectivity index (χ0) is 29.1. The van der Waals surface area contributed by atoms with Gasteiger partial charge >= 0.3 is 0 Å². The van der Waals surface area contributed by atoms with Crippen molar-refractivity contribution in [3.63, 3.8) is 0 Å². The highest BCUT2D eigenvalue weighted by Crippen LogP contribution is 2.37. The Bertz CT molecular complexity index is 1570. The van der Waals surface area contributed by atoms with E-state index in [0.29, 0.717) is 56.5 Å². The van der Waals surface area contributed by atoms with Crippen LogP contribution in [0.3, 0.4) is 0 Å². The van der Waals surface area contributed by atoms with E-state index in [0.717, 1.165) is 37.3 Å². The van der Waals surface area contributed by atoms with Gasteiger partial charge in [0, 0.05) is 71.5 Å². The maximum absolute atomic E-state index is 12.8. The minimum Gasteiger partial charge on any atom is -0.383 e. The lowest BCUT2D eigenvalue weighted by atomic mass is 9.86. The molecule has 14 nitrogen and oxygen atoms in total. The van der Waals surface area contributed by atoms with Crippen LogP contribution >= 0.6 is 0 Å². The fourth-order valence-electron chi connectivity index (χ4n) is 5.64. The number of rotatable bonds is 11. The summed E-state index contributed by atoms with van der Waals surface area (Å²) in [5.41, 5.74) is 3.16. The van der Waals surface area contributed by atoms with Crippen molar-refractivity contribution in [3.8, 4) is 6.07 Å². The van der Waals surface area contributed by atoms with Crippen molar-refractivity contribution in [1.82, 2.24) is 44.0 Å². The molecule has 0 aromatic carbocycles. The Balaban J connectivity index is 1.09. The molecule has 0 saturated carbocycles. The highest BCUT2D eigenvalue weighted by Gasteiger charge is 2.46. The lowest BCUT2D eigenvalue weighted by molar-refractivity contribution is -0.133. The maximum atomic E-state index is 12.8. The molecule has 0 unspecified atom stereocenters. The van der Waals surface area contributed by atoms with Crippen molar-refractivity contribution in [3.05, 3.63) is 48.7 Å². The number of pyridine rings is 1. The molecule has 6 heterocycles. The molecule has 2 fully saturated rings. The highest BCUT2D eigenvalue weighted by molar-refractivity contribution is 5.76. The van der Waals surface area contributed by atoms with Gasteiger partial charge in [-0.25, -0.2) is 4.52 Å². The molecule has 1 N–H and O–H groups in total. The second-order valence-corrected chi connectivity index (χ2v) is 10.9. The Morgan fingerprint density at radius 2 is 2.00 bits per heavy atom. The smallest absolute Gasteiger partial charge is 0.247 e. The molecule has 2 saturated heterocycles. The number of hydrogen-bond donors (Lipinski definition) is 1. The molecule has 0 atom stereocenters. The van der Waals surface area contributed by atoms with Gasteiger partial charge in [0.2, 0.25) is 11.9 Å². The van der Waals surface area contributed by atoms with Crippen LogP contribution in [0.1, 0.15) is 18.9 Å². The van der Waals surface area contributed by atoms with Gasteiger partial charge in [0.1, 0.15) is 12.1 Å². The number of fused-ring (bicyclic) bond motifs is 1. The number of carbonyl (C=O) groups is 1. The molecule has 0 radical (unpaired) electrons. The SMILES string of the molecule is CCc1cnn(C2(CC#N)CN(c3cccn4nc(Nc5cnn(CC(=O)N6CCN(CCOC)CC6)c5)nc34)C2)c1. The molecule has 14 heteroatoms. The van der Waals surface area contributed by atoms with Crippen molar-refractivity contribution >= 4 is 28.9 Å². The lowest BCUT2D eigenvalue weighted by Gasteiger charge is -2.50. The summed E-state index contributed by atoms with van der Waals surface area (Å²) in [6.07, 6.45) is 10.5. The van der Waals surface area contributed by atoms with Crippen LogP contribution in [0.25, 0.3) is 5.65 Å². The van der Waals surface area contributed by atoms with Gasteiger partial charge < -0.3 is 19.9 Å². The Morgan fingerprint density at radius 3 is 2.74 bits per heavy atom. The van der Waals surface area contributed by atoms with E-state index in [1.165, 1.54) is 0 Å². The van der Waals surface area contributed by atoms with E-state index >= 15 is 0 Å². The van der Waals surface area contributed by atoms with Gasteiger partial charge in [-0.3, -0.25) is 19.1 Å². The van der Waals surface area contributed by atoms with E-state index in [2.05, 4.69) is 43.4 Å². The number of nitrogens with one attached hydrogen (secondary N) is 1. The molecular weight excluding hydrogens is 536 g/mol. The minimum absolute atomic E-state index is 0.0505. The van der Waals surface area contributed by atoms with Crippen LogP contribution in [0, 0.1) is 11.3 Å². The summed E-state index contributed by atoms with van der Waals surface area (Å²) in [7, 11) is 1.70. The molecule has 42 heavy (non-hydrogen) atoms. The topological polar surface area (TPSA) is 138 Å². The second kappa shape index (κ2) is 11.8. The summed E-state index contributed by atoms with van der Waals surface area (Å²) in [4.78, 5) is 24.0. The summed E-state index contributed by atoms with van der Waals surface area (Å²) in [5, 5.41) is 26.3. The van der Waals surface area contributed by atoms with Crippen molar-refractivity contribution in [2.24, 2.45) is 0 Å². The molecule has 6 rings (SSSR count). The lowest BCUT2D eigenvalue weighted by Crippen LogP contribution is -2.63. The first-order valence-electron chi connectivity index (χ1n) is 14.3. The first-order valence-corrected chi connectivity index (χ1v) is 14.3. The average molecular weight is 573 g/mol. The number of nitrogens with zero attached hydrogens (tertiary/aromatic N) is 11. The number of aromatic nitrogens is 7. The van der Waals surface area contributed by atoms with Crippen LogP contribution in [0.5, 0.6) is 0 Å². The fraction of sp³-hybridized carbons (Fsp3) is 0.500. The number of amides is 1. The fourth-order valence-corrected chi connectivity index (χ4v) is 5.64. The summed E-state index contributed by atoms with van der Waals surface area (Å²) >= 11 is 0. The maximum Gasteiger partial charge on any atom is 0.247 e. The van der Waals surface area contributed by atoms with Gasteiger partial charge in [-0.05, 0) is 24.1 Å². The first-order chi connectivity index (χ1) is 20.5. The van der Waals surface area contributed by atoms with E-state index in [9.17, 15) is 10.1 Å². The van der Waals surface area contributed by atoms with Gasteiger partial charge in [0.05, 0.1) is 42.9 Å². The Kier molecular flexibility index (Phi) is 7.77. The third kappa shape index (κ3) is 5.53. The van der Waals surface area contributed by atoms with Crippen LogP contribution in [0.4, 0.5) is 17.3 Å². The van der Waals surface area contributed by atoms with E-state index in [1.54, 1.807) is 28.7 Å². The van der Waals surface area contributed by atoms with E-state index in [1.807, 2.05) is 40.3 Å². The van der Waals surface area contributed by atoms with Crippen molar-refractivity contribution in [2.75, 3.05) is 69.7 Å². The van der Waals surface area contributed by atoms with Crippen LogP contribution in [-0.2, 0) is 28.0 Å². The summed E-state index contributed by atoms with van der Waals surface area (Å²) in [6, 6.07) is 6.31. The van der Waals surface area contributed by atoms with E-state index in [4.69, 9.17) is 9.72 Å². The zero-order valence-electron chi connectivity index (χ0n) is 24.1. The quantitative estimate of drug-likeness (QED) is 0.280. The molecule has 2 aliphatic heterocycles. The van der Waals surface area contributed by atoms with Gasteiger partial charge in [-0.1, -0.05) is 6.92 Å². The summed E-state index contributed by atoms with van der Waals surface area (Å²) < 4.78 is 10.5. The van der Waals surface area contributed by atoms with Gasteiger partial charge in [0.15, 0.2) is 5.65 Å². The molecule has 1 amide bonds. The van der Waals surface area contributed by atoms with Crippen LogP contribution < -0.4 is 10.2 Å². The van der Waals surface area contributed by atoms with Crippen molar-refractivity contribution in [1.29, 1.82) is 5.26 Å². The molecule has 0 bridgehead atoms. The third-order valence-electron chi connectivity index (χ3n) is 8.11. The summed E-state index contributed by atoms with van der Waals surface area (Å²) in [6.45, 7) is 8.29. The number of methoxy groups -OCH3 is 1. The monoisotopic (exact) mass is 572 g/mol. The van der Waals surface area contributed by atoms with Gasteiger partial charge in [-0.15, -0.1) is 5.10 Å². The number of aryl methyl sites for hydroxylation is 1. The van der Waals surface area contributed by atoms with Crippen LogP contribution in [-0.4, -0.2) is 109 Å². The number of carbonyl (C=O) groups excluding carboxylic acids is 1. The molecule has 2 aliphatic rings. The predicted molar refractivity (Wildman–Crippen MR) is 155 cm³/mol. The predicted octanol–water partition coefficient (Wildman–Crippen LogP) is 1.35. The highest BCUT2D eigenvalue weighted by atomic mass is 16.5. The van der Waals surface area contributed by atoms with Crippen LogP contribution in [0.2, 0.25) is 0 Å². The molecule has 0 spiro atoms. The van der Waals surface area contributed by atoms with Crippen molar-refractivity contribution < 1.29 is 9.53 Å².